The van der Waals surface area contributed by atoms with Crippen LogP contribution in [0, 0.1) is 10.1 Å². The van der Waals surface area contributed by atoms with E-state index in [1.54, 1.807) is 24.5 Å². The van der Waals surface area contributed by atoms with Crippen LogP contribution in [0.4, 0.5) is 11.6 Å². The quantitative estimate of drug-likeness (QED) is 0.347. The van der Waals surface area contributed by atoms with Crippen molar-refractivity contribution in [2.45, 2.75) is 11.3 Å². The third-order valence-electron chi connectivity index (χ3n) is 2.55. The fourth-order valence-corrected chi connectivity index (χ4v) is 2.90. The van der Waals surface area contributed by atoms with Crippen molar-refractivity contribution in [3.05, 3.63) is 51.2 Å². The second-order valence-corrected chi connectivity index (χ2v) is 6.12. The van der Waals surface area contributed by atoms with Gasteiger partial charge in [-0.1, -0.05) is 15.9 Å². The second-order valence-electron chi connectivity index (χ2n) is 4.07. The Balaban J connectivity index is 1.80. The molecule has 0 amide bonds. The Hall–Kier alpha value is -1.67. The molecule has 0 aliphatic heterocycles. The number of halogens is 1. The van der Waals surface area contributed by atoms with Crippen molar-refractivity contribution in [2.24, 2.45) is 0 Å². The maximum absolute atomic E-state index is 11.0. The summed E-state index contributed by atoms with van der Waals surface area (Å²) >= 11 is 4.72. The van der Waals surface area contributed by atoms with Crippen molar-refractivity contribution < 1.29 is 4.92 Å². The predicted octanol–water partition coefficient (Wildman–Crippen LogP) is 3.74. The largest absolute Gasteiger partial charge is 0.354 e. The van der Waals surface area contributed by atoms with Crippen LogP contribution in [-0.4, -0.2) is 27.2 Å². The number of nitrogens with zero attached hydrogens (tertiary/aromatic N) is 3. The lowest BCUT2D eigenvalue weighted by Gasteiger charge is -2.05. The van der Waals surface area contributed by atoms with Gasteiger partial charge in [0, 0.05) is 29.5 Å². The summed E-state index contributed by atoms with van der Waals surface area (Å²) in [6.45, 7) is 0.724. The maximum atomic E-state index is 11.0. The highest BCUT2D eigenvalue weighted by atomic mass is 79.9. The first-order valence-corrected chi connectivity index (χ1v) is 8.02. The molecule has 1 aromatic heterocycles. The molecule has 1 aromatic carbocycles. The number of rotatable bonds is 7. The number of anilines is 1. The third-order valence-corrected chi connectivity index (χ3v) is 4.19. The van der Waals surface area contributed by atoms with Gasteiger partial charge in [-0.25, -0.2) is 9.97 Å². The highest BCUT2D eigenvalue weighted by Gasteiger charge is 2.14. The predicted molar refractivity (Wildman–Crippen MR) is 86.7 cm³/mol. The molecular weight excluding hydrogens is 356 g/mol. The normalized spacial score (nSPS) is 10.3. The lowest BCUT2D eigenvalue weighted by atomic mass is 10.3. The highest BCUT2D eigenvalue weighted by Crippen LogP contribution is 2.31. The summed E-state index contributed by atoms with van der Waals surface area (Å²) in [5.74, 6) is 1.37. The lowest BCUT2D eigenvalue weighted by Crippen LogP contribution is -2.05. The number of nitro benzene ring substituents is 1. The molecule has 21 heavy (non-hydrogen) atoms. The SMILES string of the molecule is O=[N+]([O-])c1cc(Br)ccc1SCCCNc1ncccn1. The van der Waals surface area contributed by atoms with Crippen molar-refractivity contribution in [1.82, 2.24) is 9.97 Å². The third kappa shape index (κ3) is 4.98. The van der Waals surface area contributed by atoms with Crippen molar-refractivity contribution >= 4 is 39.3 Å². The van der Waals surface area contributed by atoms with Crippen LogP contribution < -0.4 is 5.32 Å². The van der Waals surface area contributed by atoms with E-state index in [0.717, 1.165) is 18.7 Å². The summed E-state index contributed by atoms with van der Waals surface area (Å²) in [5.41, 5.74) is 0.133. The number of hydrogen-bond acceptors (Lipinski definition) is 6. The van der Waals surface area contributed by atoms with Gasteiger partial charge in [0.25, 0.3) is 5.69 Å². The Morgan fingerprint density at radius 3 is 2.81 bits per heavy atom. The van der Waals surface area contributed by atoms with Crippen LogP contribution >= 0.6 is 27.7 Å². The summed E-state index contributed by atoms with van der Waals surface area (Å²) in [7, 11) is 0. The number of hydrogen-bond donors (Lipinski definition) is 1. The molecule has 0 atom stereocenters. The Bertz CT molecular complexity index is 612. The second kappa shape index (κ2) is 7.94. The van der Waals surface area contributed by atoms with Crippen LogP contribution in [-0.2, 0) is 0 Å². The highest BCUT2D eigenvalue weighted by molar-refractivity contribution is 9.10. The molecule has 8 heteroatoms. The van der Waals surface area contributed by atoms with E-state index in [0.29, 0.717) is 15.3 Å². The Morgan fingerprint density at radius 1 is 1.33 bits per heavy atom. The Morgan fingerprint density at radius 2 is 2.10 bits per heavy atom. The molecule has 2 rings (SSSR count). The van der Waals surface area contributed by atoms with E-state index < -0.39 is 0 Å². The van der Waals surface area contributed by atoms with E-state index in [2.05, 4.69) is 31.2 Å². The molecule has 0 radical (unpaired) electrons. The molecule has 0 saturated carbocycles. The first-order chi connectivity index (χ1) is 10.2. The van der Waals surface area contributed by atoms with Crippen LogP contribution in [0.25, 0.3) is 0 Å². The fraction of sp³-hybridized carbons (Fsp3) is 0.231. The number of aromatic nitrogens is 2. The molecule has 1 N–H and O–H groups in total. The van der Waals surface area contributed by atoms with Gasteiger partial charge in [-0.2, -0.15) is 0 Å². The average Bonchev–Trinajstić information content (AvgIpc) is 2.49. The standard InChI is InChI=1S/C13H13BrN4O2S/c14-10-3-4-12(11(9-10)18(19)20)21-8-2-7-17-13-15-5-1-6-16-13/h1,3-6,9H,2,7-8H2,(H,15,16,17). The van der Waals surface area contributed by atoms with Crippen molar-refractivity contribution in [3.63, 3.8) is 0 Å². The molecule has 0 saturated heterocycles. The minimum absolute atomic E-state index is 0.133. The first kappa shape index (κ1) is 15.7. The molecule has 0 aliphatic carbocycles. The fourth-order valence-electron chi connectivity index (χ4n) is 1.60. The Kier molecular flexibility index (Phi) is 5.94. The van der Waals surface area contributed by atoms with E-state index in [4.69, 9.17) is 0 Å². The van der Waals surface area contributed by atoms with Gasteiger partial charge < -0.3 is 5.32 Å². The van der Waals surface area contributed by atoms with E-state index >= 15 is 0 Å². The number of benzene rings is 1. The zero-order chi connectivity index (χ0) is 15.1. The molecule has 1 heterocycles. The summed E-state index contributed by atoms with van der Waals surface area (Å²) < 4.78 is 0.710. The molecule has 0 bridgehead atoms. The van der Waals surface area contributed by atoms with Crippen LogP contribution in [0.2, 0.25) is 0 Å². The number of nitro groups is 1. The molecule has 0 spiro atoms. The van der Waals surface area contributed by atoms with Crippen LogP contribution in [0.1, 0.15) is 6.42 Å². The summed E-state index contributed by atoms with van der Waals surface area (Å²) in [4.78, 5) is 19.4. The monoisotopic (exact) mass is 368 g/mol. The zero-order valence-electron chi connectivity index (χ0n) is 11.0. The van der Waals surface area contributed by atoms with E-state index in [1.807, 2.05) is 6.07 Å². The van der Waals surface area contributed by atoms with E-state index in [1.165, 1.54) is 17.8 Å². The van der Waals surface area contributed by atoms with Gasteiger partial charge in [0.15, 0.2) is 0 Å². The minimum Gasteiger partial charge on any atom is -0.354 e. The maximum Gasteiger partial charge on any atom is 0.283 e. The number of thioether (sulfide) groups is 1. The molecule has 0 fully saturated rings. The van der Waals surface area contributed by atoms with Crippen LogP contribution in [0.5, 0.6) is 0 Å². The molecule has 6 nitrogen and oxygen atoms in total. The zero-order valence-corrected chi connectivity index (χ0v) is 13.4. The molecule has 0 unspecified atom stereocenters. The van der Waals surface area contributed by atoms with Gasteiger partial charge in [-0.3, -0.25) is 10.1 Å². The van der Waals surface area contributed by atoms with Crippen LogP contribution in [0.15, 0.2) is 46.0 Å². The van der Waals surface area contributed by atoms with Crippen molar-refractivity contribution in [3.8, 4) is 0 Å². The van der Waals surface area contributed by atoms with Gasteiger partial charge in [-0.05, 0) is 30.4 Å². The van der Waals surface area contributed by atoms with Crippen LogP contribution in [0.3, 0.4) is 0 Å². The van der Waals surface area contributed by atoms with Crippen molar-refractivity contribution in [2.75, 3.05) is 17.6 Å². The van der Waals surface area contributed by atoms with Gasteiger partial charge in [-0.15, -0.1) is 11.8 Å². The van der Waals surface area contributed by atoms with Gasteiger partial charge >= 0.3 is 0 Å². The first-order valence-electron chi connectivity index (χ1n) is 6.24. The molecule has 2 aromatic rings. The minimum atomic E-state index is -0.358. The summed E-state index contributed by atoms with van der Waals surface area (Å²) in [6.07, 6.45) is 4.21. The lowest BCUT2D eigenvalue weighted by molar-refractivity contribution is -0.387. The molecule has 0 aliphatic rings. The van der Waals surface area contributed by atoms with E-state index in [9.17, 15) is 10.1 Å². The number of nitrogens with one attached hydrogen (secondary N) is 1. The summed E-state index contributed by atoms with van der Waals surface area (Å²) in [5, 5.41) is 14.1. The van der Waals surface area contributed by atoms with Gasteiger partial charge in [0.2, 0.25) is 5.95 Å². The smallest absolute Gasteiger partial charge is 0.283 e. The van der Waals surface area contributed by atoms with Crippen molar-refractivity contribution in [1.29, 1.82) is 0 Å². The van der Waals surface area contributed by atoms with E-state index in [-0.39, 0.29) is 10.6 Å². The summed E-state index contributed by atoms with van der Waals surface area (Å²) in [6, 6.07) is 6.86. The van der Waals surface area contributed by atoms with Gasteiger partial charge in [0.05, 0.1) is 9.82 Å². The van der Waals surface area contributed by atoms with Gasteiger partial charge in [0.1, 0.15) is 0 Å². The topological polar surface area (TPSA) is 81.0 Å². The molecule has 110 valence electrons. The average molecular weight is 369 g/mol. The molecular formula is C13H13BrN4O2S. The Labute approximate surface area is 134 Å².